The monoisotopic (exact) mass is 302 g/mol. The van der Waals surface area contributed by atoms with Gasteiger partial charge in [-0.15, -0.1) is 0 Å². The number of hydrogen-bond donors (Lipinski definition) is 0. The van der Waals surface area contributed by atoms with Gasteiger partial charge in [0.15, 0.2) is 0 Å². The fourth-order valence-electron chi connectivity index (χ4n) is 4.78. The van der Waals surface area contributed by atoms with Crippen molar-refractivity contribution in [2.45, 2.75) is 78.1 Å². The summed E-state index contributed by atoms with van der Waals surface area (Å²) in [6.45, 7) is 9.25. The minimum atomic E-state index is 0.207. The predicted octanol–water partition coefficient (Wildman–Crippen LogP) is 5.08. The fraction of sp³-hybridized carbons (Fsp3) is 0.750. The first kappa shape index (κ1) is 15.8. The minimum absolute atomic E-state index is 0.207. The zero-order chi connectivity index (χ0) is 15.9. The number of rotatable bonds is 0. The molecule has 1 aromatic rings. The second-order valence-electron chi connectivity index (χ2n) is 8.46. The Hall–Kier alpha value is -1.05. The van der Waals surface area contributed by atoms with E-state index in [0.717, 1.165) is 25.0 Å². The molecule has 0 fully saturated rings. The molecule has 1 heterocycles. The lowest BCUT2D eigenvalue weighted by atomic mass is 9.63. The summed E-state index contributed by atoms with van der Waals surface area (Å²) < 4.78 is 5.96. The molecule has 2 aliphatic rings. The summed E-state index contributed by atoms with van der Waals surface area (Å²) in [7, 11) is 0. The van der Waals surface area contributed by atoms with Crippen molar-refractivity contribution < 1.29 is 9.21 Å². The van der Waals surface area contributed by atoms with Gasteiger partial charge in [0.05, 0.1) is 6.26 Å². The van der Waals surface area contributed by atoms with E-state index in [4.69, 9.17) is 4.42 Å². The van der Waals surface area contributed by atoms with Gasteiger partial charge in [-0.05, 0) is 54.4 Å². The molecule has 3 atom stereocenters. The van der Waals surface area contributed by atoms with E-state index in [0.29, 0.717) is 30.0 Å². The minimum Gasteiger partial charge on any atom is -0.469 e. The molecule has 1 aromatic heterocycles. The molecule has 0 aromatic carbocycles. The number of ketones is 1. The third kappa shape index (κ3) is 2.89. The quantitative estimate of drug-likeness (QED) is 0.669. The maximum Gasteiger partial charge on any atom is 0.133 e. The van der Waals surface area contributed by atoms with Crippen molar-refractivity contribution in [3.8, 4) is 0 Å². The SMILES string of the molecule is C[C@@H]1CC[C@@H]2CCc3coc(c3C2(C)C)C[C@H](C)CC(=O)C1. The molecule has 0 aliphatic heterocycles. The predicted molar refractivity (Wildman–Crippen MR) is 89.1 cm³/mol. The van der Waals surface area contributed by atoms with Gasteiger partial charge >= 0.3 is 0 Å². The summed E-state index contributed by atoms with van der Waals surface area (Å²) in [5.41, 5.74) is 3.09. The summed E-state index contributed by atoms with van der Waals surface area (Å²) in [4.78, 5) is 12.2. The van der Waals surface area contributed by atoms with Gasteiger partial charge in [0.2, 0.25) is 0 Å². The van der Waals surface area contributed by atoms with Gasteiger partial charge < -0.3 is 4.42 Å². The van der Waals surface area contributed by atoms with E-state index in [9.17, 15) is 4.79 Å². The summed E-state index contributed by atoms with van der Waals surface area (Å²) >= 11 is 0. The second-order valence-corrected chi connectivity index (χ2v) is 8.46. The Morgan fingerprint density at radius 2 is 1.77 bits per heavy atom. The van der Waals surface area contributed by atoms with Gasteiger partial charge in [-0.3, -0.25) is 4.79 Å². The van der Waals surface area contributed by atoms with Crippen LogP contribution >= 0.6 is 0 Å². The average molecular weight is 302 g/mol. The molecule has 0 unspecified atom stereocenters. The molecule has 22 heavy (non-hydrogen) atoms. The molecule has 2 aliphatic carbocycles. The van der Waals surface area contributed by atoms with Crippen LogP contribution in [-0.4, -0.2) is 5.78 Å². The summed E-state index contributed by atoms with van der Waals surface area (Å²) in [5.74, 6) is 3.20. The Bertz CT molecular complexity index is 552. The van der Waals surface area contributed by atoms with Crippen molar-refractivity contribution in [1.29, 1.82) is 0 Å². The fourth-order valence-corrected chi connectivity index (χ4v) is 4.78. The molecule has 0 spiro atoms. The van der Waals surface area contributed by atoms with Gasteiger partial charge in [0, 0.05) is 24.8 Å². The molecule has 3 rings (SSSR count). The highest BCUT2D eigenvalue weighted by molar-refractivity contribution is 5.78. The molecule has 2 heteroatoms. The van der Waals surface area contributed by atoms with Crippen LogP contribution in [0.25, 0.3) is 0 Å². The summed E-state index contributed by atoms with van der Waals surface area (Å²) in [6.07, 6.45) is 9.18. The smallest absolute Gasteiger partial charge is 0.133 e. The first-order chi connectivity index (χ1) is 10.4. The number of carbonyl (C=O) groups excluding carboxylic acids is 1. The zero-order valence-electron chi connectivity index (χ0n) is 14.6. The van der Waals surface area contributed by atoms with E-state index in [-0.39, 0.29) is 5.41 Å². The van der Waals surface area contributed by atoms with Gasteiger partial charge in [-0.1, -0.05) is 27.7 Å². The van der Waals surface area contributed by atoms with Gasteiger partial charge in [0.25, 0.3) is 0 Å². The largest absolute Gasteiger partial charge is 0.469 e. The second kappa shape index (κ2) is 5.86. The van der Waals surface area contributed by atoms with Crippen molar-refractivity contribution in [2.24, 2.45) is 17.8 Å². The van der Waals surface area contributed by atoms with Gasteiger partial charge in [-0.25, -0.2) is 0 Å². The number of carbonyl (C=O) groups is 1. The molecule has 2 nitrogen and oxygen atoms in total. The molecule has 0 saturated heterocycles. The Balaban J connectivity index is 1.97. The number of hydrogen-bond acceptors (Lipinski definition) is 2. The molecular formula is C20H30O2. The van der Waals surface area contributed by atoms with Crippen molar-refractivity contribution >= 4 is 5.78 Å². The lowest BCUT2D eigenvalue weighted by molar-refractivity contribution is -0.120. The van der Waals surface area contributed by atoms with Gasteiger partial charge in [-0.2, -0.15) is 0 Å². The maximum absolute atomic E-state index is 12.2. The van der Waals surface area contributed by atoms with Gasteiger partial charge in [0.1, 0.15) is 11.5 Å². The molecule has 0 N–H and O–H groups in total. The topological polar surface area (TPSA) is 30.2 Å². The maximum atomic E-state index is 12.2. The van der Waals surface area contributed by atoms with Crippen LogP contribution in [0.3, 0.4) is 0 Å². The molecule has 0 radical (unpaired) electrons. The van der Waals surface area contributed by atoms with E-state index in [1.165, 1.54) is 30.4 Å². The van der Waals surface area contributed by atoms with E-state index in [1.54, 1.807) is 0 Å². The number of fused-ring (bicyclic) bond motifs is 1. The molecule has 2 bridgehead atoms. The molecular weight excluding hydrogens is 272 g/mol. The first-order valence-corrected chi connectivity index (χ1v) is 8.99. The van der Waals surface area contributed by atoms with E-state index in [2.05, 4.69) is 27.7 Å². The van der Waals surface area contributed by atoms with Crippen molar-refractivity contribution in [3.05, 3.63) is 23.2 Å². The van der Waals surface area contributed by atoms with Crippen molar-refractivity contribution in [2.75, 3.05) is 0 Å². The lowest BCUT2D eigenvalue weighted by Crippen LogP contribution is -2.35. The number of aryl methyl sites for hydroxylation is 1. The van der Waals surface area contributed by atoms with E-state index >= 15 is 0 Å². The van der Waals surface area contributed by atoms with Crippen LogP contribution in [-0.2, 0) is 23.1 Å². The highest BCUT2D eigenvalue weighted by Crippen LogP contribution is 2.46. The van der Waals surface area contributed by atoms with Crippen molar-refractivity contribution in [3.63, 3.8) is 0 Å². The summed E-state index contributed by atoms with van der Waals surface area (Å²) in [6, 6.07) is 0. The zero-order valence-corrected chi connectivity index (χ0v) is 14.6. The van der Waals surface area contributed by atoms with Crippen LogP contribution in [0, 0.1) is 17.8 Å². The number of Topliss-reactive ketones (excluding diaryl/α,β-unsaturated/α-hetero) is 1. The Morgan fingerprint density at radius 1 is 1.05 bits per heavy atom. The van der Waals surface area contributed by atoms with Crippen LogP contribution < -0.4 is 0 Å². The normalized spacial score (nSPS) is 32.2. The van der Waals surface area contributed by atoms with Crippen LogP contribution in [0.4, 0.5) is 0 Å². The summed E-state index contributed by atoms with van der Waals surface area (Å²) in [5, 5.41) is 0. The third-order valence-electron chi connectivity index (χ3n) is 6.06. The Kier molecular flexibility index (Phi) is 4.22. The number of furan rings is 1. The lowest BCUT2D eigenvalue weighted by Gasteiger charge is -2.40. The van der Waals surface area contributed by atoms with E-state index < -0.39 is 0 Å². The van der Waals surface area contributed by atoms with Crippen LogP contribution in [0.15, 0.2) is 10.7 Å². The van der Waals surface area contributed by atoms with Crippen LogP contribution in [0.2, 0.25) is 0 Å². The molecule has 0 saturated carbocycles. The Labute approximate surface area is 134 Å². The van der Waals surface area contributed by atoms with E-state index in [1.807, 2.05) is 6.26 Å². The van der Waals surface area contributed by atoms with Crippen LogP contribution in [0.5, 0.6) is 0 Å². The molecule has 122 valence electrons. The highest BCUT2D eigenvalue weighted by Gasteiger charge is 2.40. The average Bonchev–Trinajstić information content (AvgIpc) is 2.80. The third-order valence-corrected chi connectivity index (χ3v) is 6.06. The van der Waals surface area contributed by atoms with Crippen LogP contribution in [0.1, 0.15) is 76.7 Å². The highest BCUT2D eigenvalue weighted by atomic mass is 16.3. The molecule has 0 amide bonds. The standard InChI is InChI=1S/C20H30O2/c1-13-5-7-16-8-6-15-12-22-18(19(15)20(16,3)4)11-14(2)10-17(21)9-13/h12-14,16H,5-11H2,1-4H3/t13-,14-,16-/m1/s1. The first-order valence-electron chi connectivity index (χ1n) is 8.99. The van der Waals surface area contributed by atoms with Crippen molar-refractivity contribution in [1.82, 2.24) is 0 Å². The Morgan fingerprint density at radius 3 is 2.55 bits per heavy atom.